The van der Waals surface area contributed by atoms with Crippen LogP contribution in [0.2, 0.25) is 5.02 Å². The van der Waals surface area contributed by atoms with Gasteiger partial charge in [0.05, 0.1) is 12.2 Å². The molecule has 6 heteroatoms. The monoisotopic (exact) mass is 453 g/mol. The van der Waals surface area contributed by atoms with E-state index in [1.165, 1.54) is 0 Å². The van der Waals surface area contributed by atoms with E-state index in [2.05, 4.69) is 27.6 Å². The highest BCUT2D eigenvalue weighted by atomic mass is 127. The van der Waals surface area contributed by atoms with Crippen LogP contribution < -0.4 is 0 Å². The lowest BCUT2D eigenvalue weighted by Gasteiger charge is -2.01. The number of hydrogen-bond donors (Lipinski definition) is 0. The number of hydrogen-bond acceptors (Lipinski definition) is 4. The average molecular weight is 454 g/mol. The Morgan fingerprint density at radius 2 is 1.92 bits per heavy atom. The molecular weight excluding hydrogens is 441 g/mol. The molecule has 0 radical (unpaired) electrons. The predicted molar refractivity (Wildman–Crippen MR) is 101 cm³/mol. The highest BCUT2D eigenvalue weighted by Gasteiger charge is 2.24. The largest absolute Gasteiger partial charge is 0.460 e. The molecule has 3 rings (SSSR count). The molecule has 0 saturated carbocycles. The van der Waals surface area contributed by atoms with Gasteiger partial charge in [0.1, 0.15) is 5.69 Å². The van der Waals surface area contributed by atoms with Crippen molar-refractivity contribution < 1.29 is 13.9 Å². The fourth-order valence-electron chi connectivity index (χ4n) is 2.21. The maximum absolute atomic E-state index is 12.3. The first-order valence-electron chi connectivity index (χ1n) is 7.29. The van der Waals surface area contributed by atoms with E-state index in [4.69, 9.17) is 20.8 Å². The van der Waals surface area contributed by atoms with Gasteiger partial charge in [-0.05, 0) is 53.8 Å². The zero-order valence-corrected chi connectivity index (χ0v) is 15.7. The van der Waals surface area contributed by atoms with Crippen molar-refractivity contribution in [2.45, 2.75) is 6.92 Å². The minimum Gasteiger partial charge on any atom is -0.460 e. The van der Waals surface area contributed by atoms with Gasteiger partial charge in [0.25, 0.3) is 0 Å². The van der Waals surface area contributed by atoms with Crippen molar-refractivity contribution >= 4 is 40.2 Å². The standard InChI is InChI=1S/C18H13ClINO3/c1-2-23-18(22)16-15(11-7-9-12(19)10-8-11)21-17(24-16)13-5-3-4-6-14(13)20/h3-10H,2H2,1H3. The fraction of sp³-hybridized carbons (Fsp3) is 0.111. The van der Waals surface area contributed by atoms with Gasteiger partial charge in [0, 0.05) is 14.2 Å². The number of rotatable bonds is 4. The molecule has 24 heavy (non-hydrogen) atoms. The Labute approximate surface area is 157 Å². The second kappa shape index (κ2) is 7.36. The van der Waals surface area contributed by atoms with Crippen molar-refractivity contribution in [3.8, 4) is 22.7 Å². The first kappa shape index (κ1) is 17.0. The predicted octanol–water partition coefficient (Wildman–Crippen LogP) is 5.44. The molecule has 0 fully saturated rings. The minimum atomic E-state index is -0.535. The van der Waals surface area contributed by atoms with Crippen LogP contribution in [0, 0.1) is 3.57 Å². The number of oxazole rings is 1. The Kier molecular flexibility index (Phi) is 5.20. The Morgan fingerprint density at radius 1 is 1.21 bits per heavy atom. The zero-order chi connectivity index (χ0) is 17.1. The Hall–Kier alpha value is -1.86. The number of benzene rings is 2. The van der Waals surface area contributed by atoms with Crippen LogP contribution in [-0.2, 0) is 4.74 Å². The lowest BCUT2D eigenvalue weighted by Crippen LogP contribution is -2.04. The first-order valence-corrected chi connectivity index (χ1v) is 8.74. The molecule has 122 valence electrons. The summed E-state index contributed by atoms with van der Waals surface area (Å²) in [4.78, 5) is 16.8. The molecule has 0 atom stereocenters. The lowest BCUT2D eigenvalue weighted by atomic mass is 10.1. The first-order chi connectivity index (χ1) is 11.6. The maximum Gasteiger partial charge on any atom is 0.376 e. The van der Waals surface area contributed by atoms with E-state index in [0.717, 1.165) is 14.7 Å². The fourth-order valence-corrected chi connectivity index (χ4v) is 2.95. The molecule has 0 amide bonds. The van der Waals surface area contributed by atoms with E-state index in [9.17, 15) is 4.79 Å². The van der Waals surface area contributed by atoms with Crippen molar-refractivity contribution in [2.24, 2.45) is 0 Å². The van der Waals surface area contributed by atoms with Gasteiger partial charge in [-0.15, -0.1) is 0 Å². The van der Waals surface area contributed by atoms with Crippen molar-refractivity contribution in [3.05, 3.63) is 62.9 Å². The summed E-state index contributed by atoms with van der Waals surface area (Å²) in [6.45, 7) is 2.01. The van der Waals surface area contributed by atoms with Crippen LogP contribution in [-0.4, -0.2) is 17.6 Å². The molecule has 0 aliphatic rings. The van der Waals surface area contributed by atoms with Crippen LogP contribution >= 0.6 is 34.2 Å². The summed E-state index contributed by atoms with van der Waals surface area (Å²) in [5.41, 5.74) is 2.01. The van der Waals surface area contributed by atoms with E-state index in [1.54, 1.807) is 31.2 Å². The summed E-state index contributed by atoms with van der Waals surface area (Å²) in [5.74, 6) is -0.0611. The lowest BCUT2D eigenvalue weighted by molar-refractivity contribution is 0.0492. The number of carbonyl (C=O) groups is 1. The number of halogens is 2. The summed E-state index contributed by atoms with van der Waals surface area (Å²) < 4.78 is 11.8. The van der Waals surface area contributed by atoms with Crippen molar-refractivity contribution in [1.82, 2.24) is 4.98 Å². The molecule has 0 aliphatic carbocycles. The van der Waals surface area contributed by atoms with E-state index in [0.29, 0.717) is 16.6 Å². The average Bonchev–Trinajstić information content (AvgIpc) is 3.01. The topological polar surface area (TPSA) is 52.3 Å². The van der Waals surface area contributed by atoms with Crippen LogP contribution in [0.4, 0.5) is 0 Å². The smallest absolute Gasteiger partial charge is 0.376 e. The molecule has 2 aromatic carbocycles. The molecule has 0 saturated heterocycles. The van der Waals surface area contributed by atoms with Crippen LogP contribution in [0.3, 0.4) is 0 Å². The van der Waals surface area contributed by atoms with Gasteiger partial charge in [-0.25, -0.2) is 9.78 Å². The summed E-state index contributed by atoms with van der Waals surface area (Å²) in [6, 6.07) is 14.7. The van der Waals surface area contributed by atoms with Crippen LogP contribution in [0.25, 0.3) is 22.7 Å². The van der Waals surface area contributed by atoms with Gasteiger partial charge in [0.2, 0.25) is 11.7 Å². The summed E-state index contributed by atoms with van der Waals surface area (Å²) in [7, 11) is 0. The molecule has 0 aliphatic heterocycles. The molecule has 0 spiro atoms. The van der Waals surface area contributed by atoms with E-state index < -0.39 is 5.97 Å². The number of nitrogens with zero attached hydrogens (tertiary/aromatic N) is 1. The Bertz CT molecular complexity index is 874. The molecule has 0 unspecified atom stereocenters. The Balaban J connectivity index is 2.14. The van der Waals surface area contributed by atoms with Crippen molar-refractivity contribution in [3.63, 3.8) is 0 Å². The molecule has 0 bridgehead atoms. The summed E-state index contributed by atoms with van der Waals surface area (Å²) in [5, 5.41) is 0.609. The van der Waals surface area contributed by atoms with Crippen molar-refractivity contribution in [2.75, 3.05) is 6.61 Å². The quantitative estimate of drug-likeness (QED) is 0.390. The van der Waals surface area contributed by atoms with Gasteiger partial charge in [0.15, 0.2) is 0 Å². The van der Waals surface area contributed by atoms with E-state index in [1.807, 2.05) is 24.3 Å². The Morgan fingerprint density at radius 3 is 2.58 bits per heavy atom. The zero-order valence-electron chi connectivity index (χ0n) is 12.8. The second-order valence-electron chi connectivity index (χ2n) is 4.90. The maximum atomic E-state index is 12.3. The molecular formula is C18H13ClINO3. The SMILES string of the molecule is CCOC(=O)c1oc(-c2ccccc2I)nc1-c1ccc(Cl)cc1. The number of ether oxygens (including phenoxy) is 1. The molecule has 0 N–H and O–H groups in total. The molecule has 1 heterocycles. The number of esters is 1. The summed E-state index contributed by atoms with van der Waals surface area (Å²) >= 11 is 8.14. The van der Waals surface area contributed by atoms with Gasteiger partial charge >= 0.3 is 5.97 Å². The van der Waals surface area contributed by atoms with Gasteiger partial charge in [-0.2, -0.15) is 0 Å². The number of carbonyl (C=O) groups excluding carboxylic acids is 1. The second-order valence-corrected chi connectivity index (χ2v) is 6.50. The molecule has 3 aromatic rings. The summed E-state index contributed by atoms with van der Waals surface area (Å²) in [6.07, 6.45) is 0. The van der Waals surface area contributed by atoms with Crippen LogP contribution in [0.5, 0.6) is 0 Å². The van der Waals surface area contributed by atoms with E-state index in [-0.39, 0.29) is 12.4 Å². The van der Waals surface area contributed by atoms with Crippen LogP contribution in [0.15, 0.2) is 52.9 Å². The highest BCUT2D eigenvalue weighted by molar-refractivity contribution is 14.1. The third-order valence-electron chi connectivity index (χ3n) is 3.31. The van der Waals surface area contributed by atoms with Gasteiger partial charge in [-0.1, -0.05) is 35.9 Å². The third-order valence-corrected chi connectivity index (χ3v) is 4.50. The van der Waals surface area contributed by atoms with E-state index >= 15 is 0 Å². The highest BCUT2D eigenvalue weighted by Crippen LogP contribution is 2.32. The number of aromatic nitrogens is 1. The molecule has 1 aromatic heterocycles. The molecule has 4 nitrogen and oxygen atoms in total. The van der Waals surface area contributed by atoms with Crippen LogP contribution in [0.1, 0.15) is 17.5 Å². The third kappa shape index (κ3) is 3.47. The van der Waals surface area contributed by atoms with Gasteiger partial charge in [-0.3, -0.25) is 0 Å². The van der Waals surface area contributed by atoms with Gasteiger partial charge < -0.3 is 9.15 Å². The minimum absolute atomic E-state index is 0.0915. The normalized spacial score (nSPS) is 10.6. The van der Waals surface area contributed by atoms with Crippen molar-refractivity contribution in [1.29, 1.82) is 0 Å².